The number of carbonyl (C=O) groups is 2. The average molecular weight is 435 g/mol. The lowest BCUT2D eigenvalue weighted by molar-refractivity contribution is 0.0840. The largest absolute Gasteiger partial charge is 0.497 e. The van der Waals surface area contributed by atoms with Crippen LogP contribution in [-0.4, -0.2) is 28.5 Å². The maximum atomic E-state index is 12.2. The highest BCUT2D eigenvalue weighted by atomic mass is 79.9. The van der Waals surface area contributed by atoms with Crippen molar-refractivity contribution in [3.05, 3.63) is 57.8 Å². The van der Waals surface area contributed by atoms with Crippen LogP contribution in [0.3, 0.4) is 0 Å². The summed E-state index contributed by atoms with van der Waals surface area (Å²) in [6.45, 7) is 0. The Balaban J connectivity index is 1.64. The standard InChI is InChI=1S/C17H15BrN4O3S/c1-22-8-11(18)7-14(22)16(24)21-20-15(23)13-9-26-17(19-13)10-3-5-12(25-2)6-4-10/h3-9H,1-2H3,(H,20,23)(H,21,24). The molecule has 0 atom stereocenters. The summed E-state index contributed by atoms with van der Waals surface area (Å²) in [5.41, 5.74) is 6.28. The number of benzene rings is 1. The van der Waals surface area contributed by atoms with Crippen LogP contribution in [0.25, 0.3) is 10.6 Å². The number of ether oxygens (including phenoxy) is 1. The van der Waals surface area contributed by atoms with Gasteiger partial charge in [-0.05, 0) is 46.3 Å². The van der Waals surface area contributed by atoms with E-state index >= 15 is 0 Å². The van der Waals surface area contributed by atoms with Crippen molar-refractivity contribution in [1.29, 1.82) is 0 Å². The highest BCUT2D eigenvalue weighted by molar-refractivity contribution is 9.10. The molecule has 1 aromatic carbocycles. The normalized spacial score (nSPS) is 10.4. The molecule has 0 saturated heterocycles. The second kappa shape index (κ2) is 7.71. The smallest absolute Gasteiger partial charge is 0.289 e. The maximum absolute atomic E-state index is 12.2. The third kappa shape index (κ3) is 3.94. The van der Waals surface area contributed by atoms with Crippen LogP contribution in [0.1, 0.15) is 21.0 Å². The Morgan fingerprint density at radius 1 is 1.19 bits per heavy atom. The molecule has 3 aromatic rings. The van der Waals surface area contributed by atoms with Crippen LogP contribution in [0.2, 0.25) is 0 Å². The fourth-order valence-corrected chi connectivity index (χ4v) is 3.57. The van der Waals surface area contributed by atoms with Crippen molar-refractivity contribution in [1.82, 2.24) is 20.4 Å². The van der Waals surface area contributed by atoms with E-state index in [1.54, 1.807) is 36.4 Å². The fraction of sp³-hybridized carbons (Fsp3) is 0.118. The molecule has 2 amide bonds. The number of hydrogen-bond donors (Lipinski definition) is 2. The van der Waals surface area contributed by atoms with Crippen molar-refractivity contribution in [2.75, 3.05) is 7.11 Å². The Kier molecular flexibility index (Phi) is 5.38. The van der Waals surface area contributed by atoms with Crippen molar-refractivity contribution in [2.24, 2.45) is 7.05 Å². The van der Waals surface area contributed by atoms with Gasteiger partial charge in [0.15, 0.2) is 0 Å². The molecular weight excluding hydrogens is 420 g/mol. The number of aryl methyl sites for hydroxylation is 1. The van der Waals surface area contributed by atoms with E-state index < -0.39 is 11.8 Å². The molecule has 9 heteroatoms. The summed E-state index contributed by atoms with van der Waals surface area (Å²) in [6, 6.07) is 9.05. The molecular formula is C17H15BrN4O3S. The van der Waals surface area contributed by atoms with Crippen LogP contribution in [0.4, 0.5) is 0 Å². The summed E-state index contributed by atoms with van der Waals surface area (Å²) in [4.78, 5) is 28.6. The van der Waals surface area contributed by atoms with Gasteiger partial charge in [-0.15, -0.1) is 11.3 Å². The van der Waals surface area contributed by atoms with Gasteiger partial charge in [0.25, 0.3) is 11.8 Å². The zero-order valence-corrected chi connectivity index (χ0v) is 16.3. The molecule has 7 nitrogen and oxygen atoms in total. The zero-order chi connectivity index (χ0) is 18.7. The van der Waals surface area contributed by atoms with E-state index in [0.29, 0.717) is 10.7 Å². The number of halogens is 1. The molecule has 2 N–H and O–H groups in total. The minimum atomic E-state index is -0.484. The van der Waals surface area contributed by atoms with Crippen LogP contribution in [0.15, 0.2) is 46.4 Å². The fourth-order valence-electron chi connectivity index (χ4n) is 2.24. The Morgan fingerprint density at radius 3 is 2.50 bits per heavy atom. The lowest BCUT2D eigenvalue weighted by atomic mass is 10.2. The first-order chi connectivity index (χ1) is 12.5. The van der Waals surface area contributed by atoms with Gasteiger partial charge in [0.1, 0.15) is 22.1 Å². The number of carbonyl (C=O) groups excluding carboxylic acids is 2. The summed E-state index contributed by atoms with van der Waals surface area (Å²) in [5.74, 6) is -0.155. The van der Waals surface area contributed by atoms with Crippen molar-refractivity contribution >= 4 is 39.1 Å². The van der Waals surface area contributed by atoms with Crippen molar-refractivity contribution in [2.45, 2.75) is 0 Å². The molecule has 2 heterocycles. The van der Waals surface area contributed by atoms with Crippen molar-refractivity contribution in [3.63, 3.8) is 0 Å². The van der Waals surface area contributed by atoms with Crippen LogP contribution >= 0.6 is 27.3 Å². The van der Waals surface area contributed by atoms with Crippen LogP contribution in [0, 0.1) is 0 Å². The predicted molar refractivity (Wildman–Crippen MR) is 102 cm³/mol. The Bertz CT molecular complexity index is 949. The third-order valence-electron chi connectivity index (χ3n) is 3.57. The molecule has 0 aliphatic carbocycles. The number of hydrogen-bond acceptors (Lipinski definition) is 5. The number of nitrogens with zero attached hydrogens (tertiary/aromatic N) is 2. The molecule has 0 unspecified atom stereocenters. The molecule has 0 saturated carbocycles. The molecule has 134 valence electrons. The quantitative estimate of drug-likeness (QED) is 0.618. The zero-order valence-electron chi connectivity index (χ0n) is 13.9. The van der Waals surface area contributed by atoms with Gasteiger partial charge in [0.2, 0.25) is 0 Å². The first-order valence-electron chi connectivity index (χ1n) is 7.50. The summed E-state index contributed by atoms with van der Waals surface area (Å²) < 4.78 is 7.55. The van der Waals surface area contributed by atoms with Crippen molar-refractivity contribution < 1.29 is 14.3 Å². The number of aromatic nitrogens is 2. The maximum Gasteiger partial charge on any atom is 0.289 e. The minimum absolute atomic E-state index is 0.231. The summed E-state index contributed by atoms with van der Waals surface area (Å²) in [5, 5.41) is 2.34. The molecule has 0 spiro atoms. The predicted octanol–water partition coefficient (Wildman–Crippen LogP) is 2.99. The number of nitrogens with one attached hydrogen (secondary N) is 2. The molecule has 0 aliphatic rings. The van der Waals surface area contributed by atoms with Crippen LogP contribution < -0.4 is 15.6 Å². The van der Waals surface area contributed by atoms with E-state index in [0.717, 1.165) is 15.8 Å². The first-order valence-corrected chi connectivity index (χ1v) is 9.17. The Hall–Kier alpha value is -2.65. The van der Waals surface area contributed by atoms with E-state index in [1.807, 2.05) is 24.3 Å². The van der Waals surface area contributed by atoms with Crippen LogP contribution in [0.5, 0.6) is 5.75 Å². The second-order valence-electron chi connectivity index (χ2n) is 5.33. The lowest BCUT2D eigenvalue weighted by Crippen LogP contribution is -2.42. The molecule has 0 bridgehead atoms. The van der Waals surface area contributed by atoms with E-state index in [4.69, 9.17) is 4.74 Å². The number of thiazole rings is 1. The highest BCUT2D eigenvalue weighted by Gasteiger charge is 2.15. The molecule has 0 fully saturated rings. The number of methoxy groups -OCH3 is 1. The van der Waals surface area contributed by atoms with Gasteiger partial charge in [-0.2, -0.15) is 0 Å². The number of hydrazine groups is 1. The SMILES string of the molecule is COc1ccc(-c2nc(C(=O)NNC(=O)c3cc(Br)cn3C)cs2)cc1. The van der Waals surface area contributed by atoms with Gasteiger partial charge in [0.05, 0.1) is 7.11 Å². The van der Waals surface area contributed by atoms with Gasteiger partial charge in [-0.3, -0.25) is 20.4 Å². The molecule has 3 rings (SSSR count). The second-order valence-corrected chi connectivity index (χ2v) is 7.10. The molecule has 0 radical (unpaired) electrons. The minimum Gasteiger partial charge on any atom is -0.497 e. The van der Waals surface area contributed by atoms with E-state index in [9.17, 15) is 9.59 Å². The molecule has 0 aliphatic heterocycles. The Labute approximate surface area is 162 Å². The lowest BCUT2D eigenvalue weighted by Gasteiger charge is -2.06. The first kappa shape index (κ1) is 18.2. The van der Waals surface area contributed by atoms with Gasteiger partial charge < -0.3 is 9.30 Å². The van der Waals surface area contributed by atoms with Gasteiger partial charge in [0, 0.05) is 28.7 Å². The van der Waals surface area contributed by atoms with E-state index in [2.05, 4.69) is 31.8 Å². The number of rotatable bonds is 4. The van der Waals surface area contributed by atoms with Gasteiger partial charge in [-0.25, -0.2) is 4.98 Å². The molecule has 26 heavy (non-hydrogen) atoms. The molecule has 2 aromatic heterocycles. The van der Waals surface area contributed by atoms with Crippen molar-refractivity contribution in [3.8, 4) is 16.3 Å². The number of amides is 2. The third-order valence-corrected chi connectivity index (χ3v) is 4.89. The van der Waals surface area contributed by atoms with Crippen LogP contribution in [-0.2, 0) is 7.05 Å². The summed E-state index contributed by atoms with van der Waals surface area (Å²) in [6.07, 6.45) is 1.75. The average Bonchev–Trinajstić information content (AvgIpc) is 3.26. The Morgan fingerprint density at radius 2 is 1.88 bits per heavy atom. The van der Waals surface area contributed by atoms with E-state index in [-0.39, 0.29) is 5.69 Å². The topological polar surface area (TPSA) is 85.2 Å². The van der Waals surface area contributed by atoms with Gasteiger partial charge in [-0.1, -0.05) is 0 Å². The summed E-state index contributed by atoms with van der Waals surface area (Å²) >= 11 is 4.64. The summed E-state index contributed by atoms with van der Waals surface area (Å²) in [7, 11) is 3.34. The van der Waals surface area contributed by atoms with E-state index in [1.165, 1.54) is 11.3 Å². The monoisotopic (exact) mass is 434 g/mol. The van der Waals surface area contributed by atoms with Gasteiger partial charge >= 0.3 is 0 Å². The highest BCUT2D eigenvalue weighted by Crippen LogP contribution is 2.25.